The van der Waals surface area contributed by atoms with Gasteiger partial charge in [-0.1, -0.05) is 30.4 Å². The molecule has 2 nitrogen and oxygen atoms in total. The zero-order valence-electron chi connectivity index (χ0n) is 11.3. The number of nitrogens with one attached hydrogen (secondary N) is 1. The molecule has 20 heavy (non-hydrogen) atoms. The average molecular weight is 284 g/mol. The summed E-state index contributed by atoms with van der Waals surface area (Å²) in [5.74, 6) is 0. The lowest BCUT2D eigenvalue weighted by molar-refractivity contribution is -0.137. The minimum atomic E-state index is -4.28. The molecular formula is C15H19F3N2. The zero-order chi connectivity index (χ0) is 14.6. The zero-order valence-corrected chi connectivity index (χ0v) is 11.3. The highest BCUT2D eigenvalue weighted by molar-refractivity contribution is 5.28. The second-order valence-corrected chi connectivity index (χ2v) is 5.15. The van der Waals surface area contributed by atoms with Gasteiger partial charge in [-0.25, -0.2) is 0 Å². The Bertz CT molecular complexity index is 462. The van der Waals surface area contributed by atoms with Crippen molar-refractivity contribution in [3.05, 3.63) is 47.5 Å². The second-order valence-electron chi connectivity index (χ2n) is 5.15. The summed E-state index contributed by atoms with van der Waals surface area (Å²) in [5, 5.41) is 3.27. The van der Waals surface area contributed by atoms with E-state index < -0.39 is 11.7 Å². The third-order valence-corrected chi connectivity index (χ3v) is 3.37. The van der Waals surface area contributed by atoms with Gasteiger partial charge >= 0.3 is 6.18 Å². The van der Waals surface area contributed by atoms with Crippen LogP contribution in [0.1, 0.15) is 11.1 Å². The minimum Gasteiger partial charge on any atom is -0.314 e. The molecule has 0 aromatic heterocycles. The SMILES string of the molecule is C=C(Cc1cccc(C(F)(F)F)c1)CN1CCNCC1. The molecule has 2 rings (SSSR count). The Balaban J connectivity index is 1.93. The van der Waals surface area contributed by atoms with Crippen LogP contribution in [0, 0.1) is 0 Å². The van der Waals surface area contributed by atoms with E-state index in [1.54, 1.807) is 6.07 Å². The number of nitrogens with zero attached hydrogens (tertiary/aromatic N) is 1. The third kappa shape index (κ3) is 4.35. The number of piperazine rings is 1. The first-order valence-electron chi connectivity index (χ1n) is 6.71. The molecule has 0 radical (unpaired) electrons. The van der Waals surface area contributed by atoms with Gasteiger partial charge in [0.05, 0.1) is 5.56 Å². The Morgan fingerprint density at radius 2 is 1.95 bits per heavy atom. The highest BCUT2D eigenvalue weighted by Crippen LogP contribution is 2.29. The van der Waals surface area contributed by atoms with Crippen LogP contribution in [-0.2, 0) is 12.6 Å². The Morgan fingerprint density at radius 1 is 1.25 bits per heavy atom. The minimum absolute atomic E-state index is 0.494. The van der Waals surface area contributed by atoms with Gasteiger partial charge in [0.1, 0.15) is 0 Å². The average Bonchev–Trinajstić information content (AvgIpc) is 2.39. The van der Waals surface area contributed by atoms with E-state index in [0.29, 0.717) is 12.0 Å². The molecule has 0 amide bonds. The molecule has 5 heteroatoms. The molecule has 0 saturated carbocycles. The summed E-state index contributed by atoms with van der Waals surface area (Å²) in [7, 11) is 0. The van der Waals surface area contributed by atoms with Crippen molar-refractivity contribution in [1.29, 1.82) is 0 Å². The standard InChI is InChI=1S/C15H19F3N2/c1-12(11-20-7-5-19-6-8-20)9-13-3-2-4-14(10-13)15(16,17)18/h2-4,10,19H,1,5-9,11H2. The van der Waals surface area contributed by atoms with Crippen molar-refractivity contribution in [2.24, 2.45) is 0 Å². The highest BCUT2D eigenvalue weighted by Gasteiger charge is 2.30. The monoisotopic (exact) mass is 284 g/mol. The quantitative estimate of drug-likeness (QED) is 0.855. The van der Waals surface area contributed by atoms with E-state index in [0.717, 1.165) is 44.4 Å². The van der Waals surface area contributed by atoms with Crippen LogP contribution < -0.4 is 5.32 Å². The van der Waals surface area contributed by atoms with E-state index in [4.69, 9.17) is 0 Å². The summed E-state index contributed by atoms with van der Waals surface area (Å²) < 4.78 is 37.9. The number of hydrogen-bond donors (Lipinski definition) is 1. The molecule has 1 aliphatic heterocycles. The van der Waals surface area contributed by atoms with Gasteiger partial charge in [-0.15, -0.1) is 0 Å². The van der Waals surface area contributed by atoms with Crippen molar-refractivity contribution < 1.29 is 13.2 Å². The van der Waals surface area contributed by atoms with E-state index in [2.05, 4.69) is 16.8 Å². The number of benzene rings is 1. The van der Waals surface area contributed by atoms with Gasteiger partial charge in [-0.3, -0.25) is 4.90 Å². The van der Waals surface area contributed by atoms with Crippen molar-refractivity contribution in [3.8, 4) is 0 Å². The maximum absolute atomic E-state index is 12.6. The largest absolute Gasteiger partial charge is 0.416 e. The second kappa shape index (κ2) is 6.41. The molecule has 0 aliphatic carbocycles. The molecular weight excluding hydrogens is 265 g/mol. The number of rotatable bonds is 4. The van der Waals surface area contributed by atoms with Gasteiger partial charge in [-0.2, -0.15) is 13.2 Å². The first kappa shape index (κ1) is 15.1. The molecule has 1 saturated heterocycles. The first-order valence-corrected chi connectivity index (χ1v) is 6.71. The van der Waals surface area contributed by atoms with Crippen molar-refractivity contribution in [1.82, 2.24) is 10.2 Å². The van der Waals surface area contributed by atoms with Crippen LogP contribution in [0.15, 0.2) is 36.4 Å². The molecule has 110 valence electrons. The van der Waals surface area contributed by atoms with Crippen molar-refractivity contribution >= 4 is 0 Å². The molecule has 1 heterocycles. The first-order chi connectivity index (χ1) is 9.45. The molecule has 0 bridgehead atoms. The van der Waals surface area contributed by atoms with Crippen molar-refractivity contribution in [2.75, 3.05) is 32.7 Å². The molecule has 0 unspecified atom stereocenters. The van der Waals surface area contributed by atoms with Crippen LogP contribution >= 0.6 is 0 Å². The third-order valence-electron chi connectivity index (χ3n) is 3.37. The number of hydrogen-bond acceptors (Lipinski definition) is 2. The molecule has 0 spiro atoms. The molecule has 0 atom stereocenters. The smallest absolute Gasteiger partial charge is 0.314 e. The predicted octanol–water partition coefficient (Wildman–Crippen LogP) is 2.71. The number of alkyl halides is 3. The van der Waals surface area contributed by atoms with E-state index in [-0.39, 0.29) is 0 Å². The lowest BCUT2D eigenvalue weighted by Crippen LogP contribution is -2.44. The fourth-order valence-electron chi connectivity index (χ4n) is 2.39. The van der Waals surface area contributed by atoms with Crippen LogP contribution in [-0.4, -0.2) is 37.6 Å². The summed E-state index contributed by atoms with van der Waals surface area (Å²) in [4.78, 5) is 2.27. The summed E-state index contributed by atoms with van der Waals surface area (Å²) in [6.07, 6.45) is -3.79. The fraction of sp³-hybridized carbons (Fsp3) is 0.467. The summed E-state index contributed by atoms with van der Waals surface area (Å²) in [5.41, 5.74) is 1.02. The van der Waals surface area contributed by atoms with Crippen LogP contribution in [0.4, 0.5) is 13.2 Å². The Morgan fingerprint density at radius 3 is 2.60 bits per heavy atom. The summed E-state index contributed by atoms with van der Waals surface area (Å²) in [6.45, 7) is 8.57. The maximum Gasteiger partial charge on any atom is 0.416 e. The molecule has 1 fully saturated rings. The topological polar surface area (TPSA) is 15.3 Å². The molecule has 1 N–H and O–H groups in total. The van der Waals surface area contributed by atoms with Crippen LogP contribution in [0.5, 0.6) is 0 Å². The Kier molecular flexibility index (Phi) is 4.83. The van der Waals surface area contributed by atoms with Gasteiger partial charge in [0, 0.05) is 32.7 Å². The normalized spacial score (nSPS) is 17.1. The van der Waals surface area contributed by atoms with Gasteiger partial charge in [-0.05, 0) is 18.1 Å². The van der Waals surface area contributed by atoms with E-state index in [1.807, 2.05) is 0 Å². The lowest BCUT2D eigenvalue weighted by atomic mass is 10.0. The Labute approximate surface area is 117 Å². The van der Waals surface area contributed by atoms with Crippen molar-refractivity contribution in [2.45, 2.75) is 12.6 Å². The summed E-state index contributed by atoms with van der Waals surface area (Å²) in [6, 6.07) is 5.49. The van der Waals surface area contributed by atoms with Crippen LogP contribution in [0.3, 0.4) is 0 Å². The molecule has 1 aromatic rings. The van der Waals surface area contributed by atoms with Gasteiger partial charge in [0.15, 0.2) is 0 Å². The van der Waals surface area contributed by atoms with E-state index >= 15 is 0 Å². The lowest BCUT2D eigenvalue weighted by Gasteiger charge is -2.27. The Hall–Kier alpha value is -1.33. The number of halogens is 3. The van der Waals surface area contributed by atoms with Gasteiger partial charge in [0.25, 0.3) is 0 Å². The van der Waals surface area contributed by atoms with Gasteiger partial charge in [0.2, 0.25) is 0 Å². The molecule has 1 aliphatic rings. The van der Waals surface area contributed by atoms with E-state index in [9.17, 15) is 13.2 Å². The van der Waals surface area contributed by atoms with Crippen LogP contribution in [0.2, 0.25) is 0 Å². The highest BCUT2D eigenvalue weighted by atomic mass is 19.4. The molecule has 1 aromatic carbocycles. The fourth-order valence-corrected chi connectivity index (χ4v) is 2.39. The van der Waals surface area contributed by atoms with E-state index in [1.165, 1.54) is 12.1 Å². The van der Waals surface area contributed by atoms with Gasteiger partial charge < -0.3 is 5.32 Å². The summed E-state index contributed by atoms with van der Waals surface area (Å²) >= 11 is 0. The maximum atomic E-state index is 12.6. The van der Waals surface area contributed by atoms with Crippen LogP contribution in [0.25, 0.3) is 0 Å². The predicted molar refractivity (Wildman–Crippen MR) is 73.6 cm³/mol. The van der Waals surface area contributed by atoms with Crippen molar-refractivity contribution in [3.63, 3.8) is 0 Å².